The van der Waals surface area contributed by atoms with Gasteiger partial charge in [0.25, 0.3) is 0 Å². The molecular formula is C8H17N4. The number of aromatic amines is 1. The van der Waals surface area contributed by atoms with Crippen LogP contribution in [-0.2, 0) is 0 Å². The summed E-state index contributed by atoms with van der Waals surface area (Å²) in [5, 5.41) is 0. The van der Waals surface area contributed by atoms with Crippen molar-refractivity contribution in [1.29, 1.82) is 0 Å². The third-order valence-corrected chi connectivity index (χ3v) is 1.07. The van der Waals surface area contributed by atoms with E-state index >= 15 is 0 Å². The van der Waals surface area contributed by atoms with Gasteiger partial charge in [-0.15, -0.1) is 0 Å². The molecule has 1 aromatic heterocycles. The zero-order valence-electron chi connectivity index (χ0n) is 7.91. The van der Waals surface area contributed by atoms with E-state index < -0.39 is 0 Å². The van der Waals surface area contributed by atoms with Crippen LogP contribution < -0.4 is 5.73 Å². The number of H-pyrrole nitrogens is 1. The van der Waals surface area contributed by atoms with Crippen LogP contribution in [-0.4, -0.2) is 35.5 Å². The van der Waals surface area contributed by atoms with Gasteiger partial charge in [0.05, 0.1) is 12.5 Å². The summed E-state index contributed by atoms with van der Waals surface area (Å²) in [6.07, 6.45) is 5.22. The Kier molecular flexibility index (Phi) is 6.09. The molecule has 1 radical (unpaired) electrons. The molecule has 4 heteroatoms. The first kappa shape index (κ1) is 11.0. The second kappa shape index (κ2) is 6.67. The summed E-state index contributed by atoms with van der Waals surface area (Å²) in [5.74, 6) is 0.606. The minimum Gasteiger partial charge on any atom is -0.384 e. The smallest absolute Gasteiger partial charge is 0.120 e. The van der Waals surface area contributed by atoms with Crippen LogP contribution in [0.15, 0.2) is 12.5 Å². The maximum absolute atomic E-state index is 5.16. The molecule has 0 aliphatic heterocycles. The standard InChI is InChI=1S/C5H12N.C3H5N3/c1-4-5-6(2)3;4-3-1-5-2-6-3/h4H,5H2,1-3H3;1-2H,4H2,(H,5,6). The summed E-state index contributed by atoms with van der Waals surface area (Å²) in [4.78, 5) is 8.43. The largest absolute Gasteiger partial charge is 0.384 e. The molecule has 0 unspecified atom stereocenters. The second-order valence-electron chi connectivity index (χ2n) is 2.68. The summed E-state index contributed by atoms with van der Waals surface area (Å²) in [6, 6.07) is 0. The van der Waals surface area contributed by atoms with E-state index in [4.69, 9.17) is 5.73 Å². The third kappa shape index (κ3) is 7.08. The molecule has 3 N–H and O–H groups in total. The highest BCUT2D eigenvalue weighted by Crippen LogP contribution is 1.85. The first-order valence-electron chi connectivity index (χ1n) is 3.83. The minimum absolute atomic E-state index is 0.606. The number of rotatable bonds is 2. The van der Waals surface area contributed by atoms with E-state index in [0.29, 0.717) is 5.82 Å². The summed E-state index contributed by atoms with van der Waals surface area (Å²) < 4.78 is 0. The Morgan fingerprint density at radius 3 is 2.42 bits per heavy atom. The van der Waals surface area contributed by atoms with Crippen molar-refractivity contribution in [3.63, 3.8) is 0 Å². The zero-order chi connectivity index (χ0) is 9.40. The lowest BCUT2D eigenvalue weighted by atomic mass is 10.5. The number of nitrogens with one attached hydrogen (secondary N) is 1. The number of nitrogens with two attached hydrogens (primary N) is 1. The molecule has 1 rings (SSSR count). The summed E-state index contributed by atoms with van der Waals surface area (Å²) >= 11 is 0. The minimum atomic E-state index is 0.606. The molecule has 1 heterocycles. The number of imidazole rings is 1. The highest BCUT2D eigenvalue weighted by Gasteiger charge is 1.79. The SMILES string of the molecule is C[CH]CN(C)C.Nc1cnc[nH]1. The number of aromatic nitrogens is 2. The van der Waals surface area contributed by atoms with Crippen LogP contribution in [0, 0.1) is 6.42 Å². The molecule has 12 heavy (non-hydrogen) atoms. The van der Waals surface area contributed by atoms with E-state index in [1.807, 2.05) is 0 Å². The summed E-state index contributed by atoms with van der Waals surface area (Å²) in [7, 11) is 4.11. The van der Waals surface area contributed by atoms with Crippen molar-refractivity contribution in [2.24, 2.45) is 0 Å². The first-order chi connectivity index (χ1) is 5.66. The van der Waals surface area contributed by atoms with Gasteiger partial charge in [0.2, 0.25) is 0 Å². The van der Waals surface area contributed by atoms with Crippen LogP contribution in [0.3, 0.4) is 0 Å². The lowest BCUT2D eigenvalue weighted by molar-refractivity contribution is 0.443. The quantitative estimate of drug-likeness (QED) is 0.687. The van der Waals surface area contributed by atoms with Gasteiger partial charge in [0.1, 0.15) is 5.82 Å². The summed E-state index contributed by atoms with van der Waals surface area (Å²) in [6.45, 7) is 3.14. The van der Waals surface area contributed by atoms with Gasteiger partial charge < -0.3 is 15.6 Å². The van der Waals surface area contributed by atoms with E-state index in [1.165, 1.54) is 6.33 Å². The first-order valence-corrected chi connectivity index (χ1v) is 3.83. The molecule has 0 saturated carbocycles. The Hall–Kier alpha value is -1.03. The molecule has 4 nitrogen and oxygen atoms in total. The Morgan fingerprint density at radius 1 is 1.67 bits per heavy atom. The lowest BCUT2D eigenvalue weighted by Crippen LogP contribution is -2.11. The zero-order valence-corrected chi connectivity index (χ0v) is 7.91. The molecule has 0 fully saturated rings. The number of nitrogen functional groups attached to an aromatic ring is 1. The van der Waals surface area contributed by atoms with E-state index in [1.54, 1.807) is 6.20 Å². The average Bonchev–Trinajstić information content (AvgIpc) is 2.40. The van der Waals surface area contributed by atoms with E-state index in [0.717, 1.165) is 6.54 Å². The van der Waals surface area contributed by atoms with Gasteiger partial charge >= 0.3 is 0 Å². The van der Waals surface area contributed by atoms with E-state index in [9.17, 15) is 0 Å². The molecular weight excluding hydrogens is 152 g/mol. The predicted molar refractivity (Wildman–Crippen MR) is 51.5 cm³/mol. The van der Waals surface area contributed by atoms with Crippen LogP contribution in [0.4, 0.5) is 5.82 Å². The predicted octanol–water partition coefficient (Wildman–Crippen LogP) is 0.764. The fraction of sp³-hybridized carbons (Fsp3) is 0.500. The van der Waals surface area contributed by atoms with Gasteiger partial charge in [0.15, 0.2) is 0 Å². The fourth-order valence-electron chi connectivity index (χ4n) is 0.632. The van der Waals surface area contributed by atoms with Crippen molar-refractivity contribution in [2.45, 2.75) is 6.92 Å². The van der Waals surface area contributed by atoms with Gasteiger partial charge in [0, 0.05) is 6.54 Å². The fourth-order valence-corrected chi connectivity index (χ4v) is 0.632. The molecule has 0 bridgehead atoms. The molecule has 1 aromatic rings. The van der Waals surface area contributed by atoms with E-state index in [2.05, 4.69) is 42.3 Å². The number of anilines is 1. The number of hydrogen-bond acceptors (Lipinski definition) is 3. The van der Waals surface area contributed by atoms with Gasteiger partial charge in [-0.05, 0) is 20.5 Å². The maximum Gasteiger partial charge on any atom is 0.120 e. The van der Waals surface area contributed by atoms with Gasteiger partial charge in [-0.25, -0.2) is 4.98 Å². The van der Waals surface area contributed by atoms with Crippen molar-refractivity contribution in [3.05, 3.63) is 18.9 Å². The molecule has 0 spiro atoms. The van der Waals surface area contributed by atoms with Crippen LogP contribution in [0.5, 0.6) is 0 Å². The number of nitrogens with zero attached hydrogens (tertiary/aromatic N) is 2. The third-order valence-electron chi connectivity index (χ3n) is 1.07. The van der Waals surface area contributed by atoms with Crippen molar-refractivity contribution >= 4 is 5.82 Å². The Bertz CT molecular complexity index is 169. The highest BCUT2D eigenvalue weighted by molar-refractivity contribution is 5.20. The molecule has 0 aliphatic rings. The molecule has 0 atom stereocenters. The lowest BCUT2D eigenvalue weighted by Gasteiger charge is -2.03. The summed E-state index contributed by atoms with van der Waals surface area (Å²) in [5.41, 5.74) is 5.16. The van der Waals surface area contributed by atoms with Crippen LogP contribution in [0.25, 0.3) is 0 Å². The van der Waals surface area contributed by atoms with Gasteiger partial charge in [-0.3, -0.25) is 0 Å². The highest BCUT2D eigenvalue weighted by atomic mass is 15.0. The van der Waals surface area contributed by atoms with Crippen molar-refractivity contribution in [2.75, 3.05) is 26.4 Å². The molecule has 69 valence electrons. The molecule has 0 amide bonds. The van der Waals surface area contributed by atoms with Gasteiger partial charge in [-0.2, -0.15) is 0 Å². The van der Waals surface area contributed by atoms with Gasteiger partial charge in [-0.1, -0.05) is 6.92 Å². The monoisotopic (exact) mass is 169 g/mol. The van der Waals surface area contributed by atoms with Crippen molar-refractivity contribution in [1.82, 2.24) is 14.9 Å². The Labute approximate surface area is 73.8 Å². The van der Waals surface area contributed by atoms with E-state index in [-0.39, 0.29) is 0 Å². The number of hydrogen-bond donors (Lipinski definition) is 2. The normalized spacial score (nSPS) is 9.33. The molecule has 0 aliphatic carbocycles. The topological polar surface area (TPSA) is 57.9 Å². The van der Waals surface area contributed by atoms with Crippen molar-refractivity contribution in [3.8, 4) is 0 Å². The average molecular weight is 169 g/mol. The molecule has 0 saturated heterocycles. The molecule has 0 aromatic carbocycles. The second-order valence-corrected chi connectivity index (χ2v) is 2.68. The van der Waals surface area contributed by atoms with Crippen LogP contribution >= 0.6 is 0 Å². The maximum atomic E-state index is 5.16. The van der Waals surface area contributed by atoms with Crippen molar-refractivity contribution < 1.29 is 0 Å². The van der Waals surface area contributed by atoms with Crippen LogP contribution in [0.2, 0.25) is 0 Å². The Balaban J connectivity index is 0.000000202. The van der Waals surface area contributed by atoms with Crippen LogP contribution in [0.1, 0.15) is 6.92 Å². The Morgan fingerprint density at radius 2 is 2.33 bits per heavy atom.